The number of hydrogen-bond donors (Lipinski definition) is 0. The Labute approximate surface area is 159 Å². The van der Waals surface area contributed by atoms with Crippen molar-refractivity contribution in [3.63, 3.8) is 0 Å². The average molecular weight is 482 g/mol. The van der Waals surface area contributed by atoms with E-state index in [-0.39, 0.29) is 0 Å². The zero-order valence-corrected chi connectivity index (χ0v) is 16.1. The molecule has 126 valence electrons. The second-order valence-electron chi connectivity index (χ2n) is 4.69. The van der Waals surface area contributed by atoms with Crippen molar-refractivity contribution in [2.45, 2.75) is 10.6 Å². The summed E-state index contributed by atoms with van der Waals surface area (Å²) in [6, 6.07) is 19.3. The lowest BCUT2D eigenvalue weighted by Crippen LogP contribution is -2.02. The van der Waals surface area contributed by atoms with Crippen LogP contribution in [0.25, 0.3) is 10.8 Å². The minimum Gasteiger partial charge on any atom is -0.418 e. The van der Waals surface area contributed by atoms with Crippen LogP contribution in [0.5, 0.6) is 0 Å². The third-order valence-electron chi connectivity index (χ3n) is 2.90. The van der Waals surface area contributed by atoms with Gasteiger partial charge in [-0.3, -0.25) is 0 Å². The van der Waals surface area contributed by atoms with Crippen LogP contribution in [0.2, 0.25) is 0 Å². The van der Waals surface area contributed by atoms with Gasteiger partial charge < -0.3 is 17.3 Å². The fourth-order valence-electron chi connectivity index (χ4n) is 1.95. The molecule has 0 N–H and O–H groups in total. The highest BCUT2D eigenvalue weighted by Crippen LogP contribution is 2.36. The quantitative estimate of drug-likeness (QED) is 0.124. The standard InChI is InChI=1S/C16H12IS2.BF4/c17-16-15(18-10-12-6-2-1-3-7-12)14-9-5-4-8-13(14)11-19-16;2-1(3,4)5/h1-9,11H,10H2;/q+1;-1. The van der Waals surface area contributed by atoms with Crippen LogP contribution in [0, 0.1) is 2.88 Å². The fraction of sp³-hybridized carbons (Fsp3) is 0.0625. The number of rotatable bonds is 3. The van der Waals surface area contributed by atoms with Crippen LogP contribution in [0.15, 0.2) is 64.9 Å². The molecule has 0 radical (unpaired) electrons. The molecule has 3 rings (SSSR count). The summed E-state index contributed by atoms with van der Waals surface area (Å²) in [6.45, 7) is 0. The van der Waals surface area contributed by atoms with Crippen molar-refractivity contribution >= 4 is 63.7 Å². The van der Waals surface area contributed by atoms with Crippen molar-refractivity contribution in [2.75, 3.05) is 0 Å². The molecule has 1 heterocycles. The van der Waals surface area contributed by atoms with Crippen LogP contribution >= 0.6 is 45.7 Å². The molecule has 24 heavy (non-hydrogen) atoms. The number of fused-ring (bicyclic) bond motifs is 1. The van der Waals surface area contributed by atoms with Crippen molar-refractivity contribution in [1.82, 2.24) is 0 Å². The Kier molecular flexibility index (Phi) is 7.30. The van der Waals surface area contributed by atoms with Gasteiger partial charge in [-0.15, -0.1) is 11.8 Å². The van der Waals surface area contributed by atoms with E-state index in [4.69, 9.17) is 0 Å². The predicted octanol–water partition coefficient (Wildman–Crippen LogP) is 7.38. The Morgan fingerprint density at radius 3 is 2.17 bits per heavy atom. The molecular formula is C16H12BF4IS2. The zero-order valence-electron chi connectivity index (χ0n) is 12.3. The Bertz CT molecular complexity index is 791. The molecule has 0 aliphatic rings. The summed E-state index contributed by atoms with van der Waals surface area (Å²) in [7, 11) is -6.00. The van der Waals surface area contributed by atoms with E-state index in [1.54, 1.807) is 0 Å². The van der Waals surface area contributed by atoms with E-state index in [0.717, 1.165) is 5.75 Å². The number of benzene rings is 2. The van der Waals surface area contributed by atoms with Crippen LogP contribution < -0.4 is 0 Å². The van der Waals surface area contributed by atoms with Crippen molar-refractivity contribution in [2.24, 2.45) is 0 Å². The summed E-state index contributed by atoms with van der Waals surface area (Å²) in [5.41, 5.74) is 1.38. The summed E-state index contributed by atoms with van der Waals surface area (Å²) in [4.78, 5) is 1.41. The van der Waals surface area contributed by atoms with E-state index in [1.165, 1.54) is 24.1 Å². The van der Waals surface area contributed by atoms with Crippen LogP contribution in [0.4, 0.5) is 17.3 Å². The lowest BCUT2D eigenvalue weighted by Gasteiger charge is -2.03. The molecule has 0 nitrogen and oxygen atoms in total. The molecule has 2 aromatic carbocycles. The normalized spacial score (nSPS) is 11.0. The molecule has 8 heteroatoms. The first-order valence-corrected chi connectivity index (χ1v) is 9.82. The number of halogens is 5. The van der Waals surface area contributed by atoms with Gasteiger partial charge in [0.15, 0.2) is 0 Å². The van der Waals surface area contributed by atoms with E-state index in [9.17, 15) is 17.3 Å². The summed E-state index contributed by atoms with van der Waals surface area (Å²) >= 11 is 6.21. The molecule has 1 aromatic heterocycles. The summed E-state index contributed by atoms with van der Waals surface area (Å²) < 4.78 is 40.4. The first-order valence-electron chi connectivity index (χ1n) is 6.87. The minimum atomic E-state index is -6.00. The summed E-state index contributed by atoms with van der Waals surface area (Å²) in [5.74, 6) is 1.03. The van der Waals surface area contributed by atoms with Gasteiger partial charge in [-0.25, -0.2) is 0 Å². The van der Waals surface area contributed by atoms with Gasteiger partial charge in [0, 0.05) is 39.1 Å². The Balaban J connectivity index is 0.000000368. The third-order valence-corrected chi connectivity index (χ3v) is 6.67. The lowest BCUT2D eigenvalue weighted by atomic mass is 10.2. The first kappa shape index (κ1) is 19.5. The molecule has 0 saturated heterocycles. The highest BCUT2D eigenvalue weighted by atomic mass is 127. The highest BCUT2D eigenvalue weighted by Gasteiger charge is 2.20. The van der Waals surface area contributed by atoms with Crippen molar-refractivity contribution < 1.29 is 17.3 Å². The molecule has 0 atom stereocenters. The molecule has 0 aliphatic carbocycles. The van der Waals surface area contributed by atoms with Gasteiger partial charge in [-0.2, -0.15) is 0 Å². The second kappa shape index (κ2) is 9.01. The zero-order chi connectivity index (χ0) is 17.6. The number of hydrogen-bond acceptors (Lipinski definition) is 1. The molecule has 0 spiro atoms. The van der Waals surface area contributed by atoms with E-state index < -0.39 is 7.25 Å². The van der Waals surface area contributed by atoms with Crippen LogP contribution in [0.1, 0.15) is 5.56 Å². The minimum absolute atomic E-state index is 1.03. The largest absolute Gasteiger partial charge is 0.673 e. The maximum Gasteiger partial charge on any atom is 0.673 e. The van der Waals surface area contributed by atoms with Gasteiger partial charge in [-0.1, -0.05) is 48.5 Å². The van der Waals surface area contributed by atoms with Crippen LogP contribution in [-0.2, 0) is 5.75 Å². The molecule has 0 bridgehead atoms. The molecule has 0 aliphatic heterocycles. The topological polar surface area (TPSA) is 0 Å². The van der Waals surface area contributed by atoms with Gasteiger partial charge >= 0.3 is 7.25 Å². The van der Waals surface area contributed by atoms with E-state index in [2.05, 4.69) is 82.6 Å². The number of thioether (sulfide) groups is 1. The highest BCUT2D eigenvalue weighted by molar-refractivity contribution is 14.1. The van der Waals surface area contributed by atoms with Gasteiger partial charge in [-0.05, 0) is 11.6 Å². The smallest absolute Gasteiger partial charge is 0.418 e. The molecule has 0 unspecified atom stereocenters. The van der Waals surface area contributed by atoms with Crippen molar-refractivity contribution in [1.29, 1.82) is 0 Å². The van der Waals surface area contributed by atoms with Gasteiger partial charge in [0.2, 0.25) is 16.7 Å². The molecule has 3 aromatic rings. The molecular weight excluding hydrogens is 470 g/mol. The summed E-state index contributed by atoms with van der Waals surface area (Å²) in [5, 5.41) is 4.94. The van der Waals surface area contributed by atoms with Gasteiger partial charge in [0.25, 0.3) is 2.88 Å². The van der Waals surface area contributed by atoms with Gasteiger partial charge in [0.1, 0.15) is 0 Å². The Morgan fingerprint density at radius 1 is 0.917 bits per heavy atom. The predicted molar refractivity (Wildman–Crippen MR) is 105 cm³/mol. The van der Waals surface area contributed by atoms with Crippen molar-refractivity contribution in [3.8, 4) is 0 Å². The van der Waals surface area contributed by atoms with E-state index in [0.29, 0.717) is 0 Å². The maximum absolute atomic E-state index is 9.75. The lowest BCUT2D eigenvalue weighted by molar-refractivity contribution is 0.368. The van der Waals surface area contributed by atoms with Crippen molar-refractivity contribution in [3.05, 3.63) is 68.4 Å². The average Bonchev–Trinajstić information content (AvgIpc) is 2.53. The van der Waals surface area contributed by atoms with Gasteiger partial charge in [0.05, 0.1) is 4.90 Å². The van der Waals surface area contributed by atoms with E-state index in [1.807, 2.05) is 23.1 Å². The third kappa shape index (κ3) is 6.56. The van der Waals surface area contributed by atoms with Crippen LogP contribution in [-0.4, -0.2) is 7.25 Å². The Morgan fingerprint density at radius 2 is 1.50 bits per heavy atom. The monoisotopic (exact) mass is 482 g/mol. The first-order chi connectivity index (χ1) is 11.3. The fourth-order valence-corrected chi connectivity index (χ4v) is 5.02. The van der Waals surface area contributed by atoms with E-state index >= 15 is 0 Å². The molecule has 0 fully saturated rings. The Hall–Kier alpha value is -0.865. The molecule has 0 saturated carbocycles. The maximum atomic E-state index is 9.75. The molecule has 0 amide bonds. The summed E-state index contributed by atoms with van der Waals surface area (Å²) in [6.07, 6.45) is 0. The SMILES string of the molecule is F[B-](F)(F)F.Ic1[s+]cc2ccccc2c1SCc1ccccc1. The van der Waals surface area contributed by atoms with Crippen LogP contribution in [0.3, 0.4) is 0 Å². The second-order valence-corrected chi connectivity index (χ2v) is 8.37.